The average Bonchev–Trinajstić information content (AvgIpc) is 2.79. The number of aromatic nitrogens is 1. The van der Waals surface area contributed by atoms with Gasteiger partial charge in [0.05, 0.1) is 5.69 Å². The maximum absolute atomic E-state index is 4.77. The van der Waals surface area contributed by atoms with Gasteiger partial charge in [0.2, 0.25) is 0 Å². The Kier molecular flexibility index (Phi) is 4.50. The zero-order valence-corrected chi connectivity index (χ0v) is 12.1. The van der Waals surface area contributed by atoms with Crippen LogP contribution in [0.15, 0.2) is 24.3 Å². The number of benzene rings is 1. The molecule has 0 radical (unpaired) electrons. The number of thiazole rings is 1. The number of hydrogen-bond donors (Lipinski definition) is 1. The third-order valence-corrected chi connectivity index (χ3v) is 4.06. The largest absolute Gasteiger partial charge is 0.312 e. The first-order valence-corrected chi connectivity index (χ1v) is 7.32. The highest BCUT2D eigenvalue weighted by molar-refractivity contribution is 7.15. The van der Waals surface area contributed by atoms with Crippen molar-refractivity contribution in [3.05, 3.63) is 40.4 Å². The molecule has 2 aromatic rings. The first-order valence-electron chi connectivity index (χ1n) is 6.51. The second-order valence-corrected chi connectivity index (χ2v) is 5.48. The van der Waals surface area contributed by atoms with Gasteiger partial charge in [-0.2, -0.15) is 0 Å². The molecule has 1 heterocycles. The fourth-order valence-corrected chi connectivity index (χ4v) is 3.05. The summed E-state index contributed by atoms with van der Waals surface area (Å²) < 4.78 is 0. The van der Waals surface area contributed by atoms with E-state index in [1.807, 2.05) is 11.3 Å². The molecule has 0 amide bonds. The molecule has 2 nitrogen and oxygen atoms in total. The lowest BCUT2D eigenvalue weighted by molar-refractivity contribution is 0.727. The summed E-state index contributed by atoms with van der Waals surface area (Å²) in [6, 6.07) is 8.57. The van der Waals surface area contributed by atoms with Crippen LogP contribution in [0, 0.1) is 6.92 Å². The summed E-state index contributed by atoms with van der Waals surface area (Å²) >= 11 is 1.81. The number of rotatable bonds is 5. The highest BCUT2D eigenvalue weighted by Crippen LogP contribution is 2.28. The molecule has 0 saturated heterocycles. The van der Waals surface area contributed by atoms with Gasteiger partial charge in [0.15, 0.2) is 0 Å². The van der Waals surface area contributed by atoms with Crippen LogP contribution in [0.1, 0.15) is 30.0 Å². The van der Waals surface area contributed by atoms with Gasteiger partial charge in [-0.3, -0.25) is 0 Å². The molecule has 1 aromatic carbocycles. The van der Waals surface area contributed by atoms with Crippen LogP contribution >= 0.6 is 11.3 Å². The van der Waals surface area contributed by atoms with E-state index in [4.69, 9.17) is 4.98 Å². The molecule has 1 aromatic heterocycles. The van der Waals surface area contributed by atoms with Crippen LogP contribution in [-0.4, -0.2) is 11.5 Å². The van der Waals surface area contributed by atoms with Crippen molar-refractivity contribution in [2.75, 3.05) is 6.54 Å². The molecule has 0 aliphatic heterocycles. The summed E-state index contributed by atoms with van der Waals surface area (Å²) in [5.74, 6) is 0. The zero-order chi connectivity index (χ0) is 13.0. The van der Waals surface area contributed by atoms with Crippen molar-refractivity contribution in [2.24, 2.45) is 0 Å². The first kappa shape index (κ1) is 13.2. The van der Waals surface area contributed by atoms with Crippen LogP contribution in [0.3, 0.4) is 0 Å². The van der Waals surface area contributed by atoms with Crippen LogP contribution in [0.4, 0.5) is 0 Å². The molecule has 0 fully saturated rings. The van der Waals surface area contributed by atoms with Crippen molar-refractivity contribution >= 4 is 11.3 Å². The quantitative estimate of drug-likeness (QED) is 0.884. The van der Waals surface area contributed by atoms with Crippen molar-refractivity contribution < 1.29 is 0 Å². The Morgan fingerprint density at radius 1 is 1.28 bits per heavy atom. The van der Waals surface area contributed by atoms with Crippen LogP contribution in [0.5, 0.6) is 0 Å². The van der Waals surface area contributed by atoms with E-state index in [2.05, 4.69) is 50.4 Å². The summed E-state index contributed by atoms with van der Waals surface area (Å²) in [5.41, 5.74) is 3.75. The average molecular weight is 260 g/mol. The molecule has 0 bridgehead atoms. The van der Waals surface area contributed by atoms with E-state index >= 15 is 0 Å². The van der Waals surface area contributed by atoms with E-state index in [-0.39, 0.29) is 0 Å². The Morgan fingerprint density at radius 2 is 2.11 bits per heavy atom. The van der Waals surface area contributed by atoms with Gasteiger partial charge < -0.3 is 5.32 Å². The zero-order valence-electron chi connectivity index (χ0n) is 11.3. The van der Waals surface area contributed by atoms with Crippen LogP contribution in [-0.2, 0) is 13.0 Å². The van der Waals surface area contributed by atoms with Gasteiger partial charge in [0.1, 0.15) is 5.01 Å². The van der Waals surface area contributed by atoms with Crippen LogP contribution < -0.4 is 5.32 Å². The smallest absolute Gasteiger partial charge is 0.123 e. The van der Waals surface area contributed by atoms with Crippen LogP contribution in [0.25, 0.3) is 10.6 Å². The van der Waals surface area contributed by atoms with E-state index in [0.29, 0.717) is 0 Å². The summed E-state index contributed by atoms with van der Waals surface area (Å²) in [5, 5.41) is 4.53. The Hall–Kier alpha value is -1.19. The van der Waals surface area contributed by atoms with Gasteiger partial charge in [-0.1, -0.05) is 37.6 Å². The number of nitrogens with zero attached hydrogens (tertiary/aromatic N) is 1. The van der Waals surface area contributed by atoms with Crippen molar-refractivity contribution in [1.29, 1.82) is 0 Å². The first-order chi connectivity index (χ1) is 8.74. The molecule has 0 spiro atoms. The van der Waals surface area contributed by atoms with Crippen molar-refractivity contribution in [1.82, 2.24) is 10.3 Å². The highest BCUT2D eigenvalue weighted by atomic mass is 32.1. The van der Waals surface area contributed by atoms with Gasteiger partial charge >= 0.3 is 0 Å². The van der Waals surface area contributed by atoms with E-state index in [1.165, 1.54) is 21.7 Å². The monoisotopic (exact) mass is 260 g/mol. The van der Waals surface area contributed by atoms with E-state index in [1.54, 1.807) is 0 Å². The molecule has 0 aliphatic carbocycles. The number of nitrogens with one attached hydrogen (secondary N) is 1. The van der Waals surface area contributed by atoms with Gasteiger partial charge in [-0.05, 0) is 26.0 Å². The predicted octanol–water partition coefficient (Wildman–Crippen LogP) is 3.79. The van der Waals surface area contributed by atoms with Gasteiger partial charge in [-0.15, -0.1) is 11.3 Å². The number of aryl methyl sites for hydroxylation is 2. The fourth-order valence-electron chi connectivity index (χ4n) is 1.94. The second kappa shape index (κ2) is 6.12. The molecular formula is C15H20N2S. The SMILES string of the molecule is CCNCc1sc(-c2cccc(C)c2)nc1CC. The second-order valence-electron chi connectivity index (χ2n) is 4.39. The molecule has 96 valence electrons. The fraction of sp³-hybridized carbons (Fsp3) is 0.400. The van der Waals surface area contributed by atoms with Crippen molar-refractivity contribution in [2.45, 2.75) is 33.7 Å². The molecule has 18 heavy (non-hydrogen) atoms. The van der Waals surface area contributed by atoms with E-state index in [0.717, 1.165) is 24.5 Å². The van der Waals surface area contributed by atoms with E-state index in [9.17, 15) is 0 Å². The Labute approximate surface area is 113 Å². The van der Waals surface area contributed by atoms with Gasteiger partial charge in [0, 0.05) is 17.0 Å². The number of hydrogen-bond acceptors (Lipinski definition) is 3. The molecule has 1 N–H and O–H groups in total. The molecule has 0 atom stereocenters. The summed E-state index contributed by atoms with van der Waals surface area (Å²) in [6.45, 7) is 8.36. The lowest BCUT2D eigenvalue weighted by Crippen LogP contribution is -2.11. The summed E-state index contributed by atoms with van der Waals surface area (Å²) in [6.07, 6.45) is 1.00. The van der Waals surface area contributed by atoms with Gasteiger partial charge in [-0.25, -0.2) is 4.98 Å². The summed E-state index contributed by atoms with van der Waals surface area (Å²) in [4.78, 5) is 6.14. The maximum atomic E-state index is 4.77. The van der Waals surface area contributed by atoms with Crippen molar-refractivity contribution in [3.63, 3.8) is 0 Å². The Bertz CT molecular complexity index is 517. The molecule has 0 saturated carbocycles. The maximum Gasteiger partial charge on any atom is 0.123 e. The van der Waals surface area contributed by atoms with Gasteiger partial charge in [0.25, 0.3) is 0 Å². The predicted molar refractivity (Wildman–Crippen MR) is 79.0 cm³/mol. The Morgan fingerprint density at radius 3 is 2.78 bits per heavy atom. The normalized spacial score (nSPS) is 10.8. The highest BCUT2D eigenvalue weighted by Gasteiger charge is 2.10. The third-order valence-electron chi connectivity index (χ3n) is 2.91. The molecular weight excluding hydrogens is 240 g/mol. The standard InChI is InChI=1S/C15H20N2S/c1-4-13-14(10-16-5-2)18-15(17-13)12-8-6-7-11(3)9-12/h6-9,16H,4-5,10H2,1-3H3. The third kappa shape index (κ3) is 2.98. The molecule has 0 unspecified atom stereocenters. The minimum absolute atomic E-state index is 0.934. The lowest BCUT2D eigenvalue weighted by Gasteiger charge is -1.99. The van der Waals surface area contributed by atoms with E-state index < -0.39 is 0 Å². The molecule has 0 aliphatic rings. The minimum atomic E-state index is 0.934. The van der Waals surface area contributed by atoms with Crippen LogP contribution in [0.2, 0.25) is 0 Å². The van der Waals surface area contributed by atoms with Crippen molar-refractivity contribution in [3.8, 4) is 10.6 Å². The Balaban J connectivity index is 2.31. The minimum Gasteiger partial charge on any atom is -0.312 e. The summed E-state index contributed by atoms with van der Waals surface area (Å²) in [7, 11) is 0. The molecule has 2 rings (SSSR count). The lowest BCUT2D eigenvalue weighted by atomic mass is 10.1. The topological polar surface area (TPSA) is 24.9 Å². The molecule has 3 heteroatoms.